The molecule has 2 heterocycles. The first-order chi connectivity index (χ1) is 22.6. The van der Waals surface area contributed by atoms with Gasteiger partial charge in [0.15, 0.2) is 11.6 Å². The Labute approximate surface area is 304 Å². The number of ether oxygens (including phenoxy) is 2. The molecule has 0 N–H and O–H groups in total. The minimum atomic E-state index is -0.449. The van der Waals surface area contributed by atoms with E-state index in [4.69, 9.17) is 14.6 Å². The Morgan fingerprint density at radius 3 is 2.70 bits per heavy atom. The van der Waals surface area contributed by atoms with Crippen molar-refractivity contribution < 1.29 is 18.7 Å². The molecule has 11 heteroatoms. The van der Waals surface area contributed by atoms with Crippen LogP contribution in [0.4, 0.5) is 4.39 Å². The van der Waals surface area contributed by atoms with E-state index in [0.29, 0.717) is 17.1 Å². The number of methoxy groups -OCH3 is 1. The zero-order valence-electron chi connectivity index (χ0n) is 26.4. The standard InChI is InChI=1S/C36H36BrFIN3O3S2/c1-5-28-29-14-18-42(47-39)33(29)21-30(38)35(28)45-27-12-7-9-24(20-27)31-15-17-41(40-31)32(25-10-6-11-26(37)19-25)13-8-16-36(2,3)23-46-22-34(43)44-4/h5-7,9-12,14-15,17-21,32H,1,8,13,16,22-23H2,2-4H3. The van der Waals surface area contributed by atoms with Crippen molar-refractivity contribution in [2.45, 2.75) is 39.2 Å². The summed E-state index contributed by atoms with van der Waals surface area (Å²) in [5.74, 6) is 1.27. The molecular formula is C36H36BrFIN3O3S2. The molecule has 5 rings (SSSR count). The number of hydrogen-bond acceptors (Lipinski definition) is 6. The van der Waals surface area contributed by atoms with E-state index >= 15 is 4.39 Å². The number of thioether (sulfide) groups is 1. The van der Waals surface area contributed by atoms with Crippen LogP contribution in [0.3, 0.4) is 0 Å². The van der Waals surface area contributed by atoms with Crippen molar-refractivity contribution in [3.8, 4) is 22.8 Å². The highest BCUT2D eigenvalue weighted by Crippen LogP contribution is 2.39. The molecule has 0 aliphatic heterocycles. The average Bonchev–Trinajstić information content (AvgIpc) is 3.71. The van der Waals surface area contributed by atoms with Crippen LogP contribution in [0.25, 0.3) is 28.2 Å². The topological polar surface area (TPSA) is 58.3 Å². The summed E-state index contributed by atoms with van der Waals surface area (Å²) >= 11 is 7.43. The number of nitrogens with zero attached hydrogens (tertiary/aromatic N) is 3. The van der Waals surface area contributed by atoms with E-state index in [1.54, 1.807) is 17.8 Å². The molecule has 0 spiro atoms. The van der Waals surface area contributed by atoms with Crippen LogP contribution in [-0.4, -0.2) is 38.3 Å². The maximum Gasteiger partial charge on any atom is 0.315 e. The van der Waals surface area contributed by atoms with Crippen molar-refractivity contribution in [1.29, 1.82) is 0 Å². The van der Waals surface area contributed by atoms with Crippen LogP contribution >= 0.6 is 58.0 Å². The SMILES string of the molecule is C=Cc1c(Oc2cccc(-c3ccn(C(CCCC(C)(C)CSCC(=O)OC)c4cccc(Br)c4)n3)c2)c(F)cc2c1ccn2SI. The van der Waals surface area contributed by atoms with Gasteiger partial charge in [-0.3, -0.25) is 13.4 Å². The first-order valence-electron chi connectivity index (χ1n) is 15.1. The maximum atomic E-state index is 15.4. The van der Waals surface area contributed by atoms with Gasteiger partial charge in [0.2, 0.25) is 0 Å². The van der Waals surface area contributed by atoms with E-state index in [-0.39, 0.29) is 23.2 Å². The fraction of sp³-hybridized carbons (Fsp3) is 0.278. The van der Waals surface area contributed by atoms with Crippen LogP contribution < -0.4 is 4.74 Å². The predicted molar refractivity (Wildman–Crippen MR) is 206 cm³/mol. The zero-order chi connectivity index (χ0) is 33.6. The number of carbonyl (C=O) groups excluding carboxylic acids is 1. The maximum absolute atomic E-state index is 15.4. The molecule has 5 aromatic rings. The van der Waals surface area contributed by atoms with E-state index in [1.807, 2.05) is 63.5 Å². The summed E-state index contributed by atoms with van der Waals surface area (Å²) in [7, 11) is 2.90. The van der Waals surface area contributed by atoms with Gasteiger partial charge in [0.1, 0.15) is 5.75 Å². The molecule has 1 unspecified atom stereocenters. The second kappa shape index (κ2) is 16.1. The van der Waals surface area contributed by atoms with Crippen molar-refractivity contribution in [2.24, 2.45) is 5.41 Å². The quantitative estimate of drug-likeness (QED) is 0.0773. The lowest BCUT2D eigenvalue weighted by molar-refractivity contribution is -0.137. The molecular weight excluding hydrogens is 812 g/mol. The van der Waals surface area contributed by atoms with Crippen molar-refractivity contribution in [3.63, 3.8) is 0 Å². The molecule has 0 fully saturated rings. The van der Waals surface area contributed by atoms with Gasteiger partial charge in [0.25, 0.3) is 0 Å². The van der Waals surface area contributed by atoms with E-state index in [2.05, 4.69) is 75.8 Å². The largest absolute Gasteiger partial charge is 0.468 e. The highest BCUT2D eigenvalue weighted by atomic mass is 127. The molecule has 0 saturated heterocycles. The smallest absolute Gasteiger partial charge is 0.315 e. The molecule has 47 heavy (non-hydrogen) atoms. The molecule has 1 atom stereocenters. The van der Waals surface area contributed by atoms with E-state index < -0.39 is 5.82 Å². The molecule has 2 aromatic heterocycles. The first kappa shape index (κ1) is 35.6. The summed E-state index contributed by atoms with van der Waals surface area (Å²) in [5, 5.41) is 5.90. The third kappa shape index (κ3) is 8.84. The fourth-order valence-corrected chi connectivity index (χ4v) is 8.45. The molecule has 0 radical (unpaired) electrons. The third-order valence-corrected chi connectivity index (χ3v) is 11.6. The number of aromatic nitrogens is 3. The summed E-state index contributed by atoms with van der Waals surface area (Å²) in [6.07, 6.45) is 8.46. The number of halogens is 3. The lowest BCUT2D eigenvalue weighted by atomic mass is 9.88. The molecule has 0 saturated carbocycles. The first-order valence-corrected chi connectivity index (χ1v) is 20.4. The van der Waals surface area contributed by atoms with Crippen LogP contribution in [0.1, 0.15) is 50.3 Å². The molecule has 3 aromatic carbocycles. The third-order valence-electron chi connectivity index (χ3n) is 7.97. The molecule has 0 bridgehead atoms. The Morgan fingerprint density at radius 1 is 1.15 bits per heavy atom. The second-order valence-electron chi connectivity index (χ2n) is 12.0. The van der Waals surface area contributed by atoms with E-state index in [0.717, 1.165) is 51.6 Å². The van der Waals surface area contributed by atoms with Gasteiger partial charge in [-0.15, -0.1) is 11.8 Å². The second-order valence-corrected chi connectivity index (χ2v) is 15.6. The minimum Gasteiger partial charge on any atom is -0.468 e. The van der Waals surface area contributed by atoms with Crippen molar-refractivity contribution in [3.05, 3.63) is 107 Å². The highest BCUT2D eigenvalue weighted by molar-refractivity contribution is 14.2. The normalized spacial score (nSPS) is 12.3. The predicted octanol–water partition coefficient (Wildman–Crippen LogP) is 11.4. The molecule has 6 nitrogen and oxygen atoms in total. The van der Waals surface area contributed by atoms with Gasteiger partial charge in [-0.1, -0.05) is 73.1 Å². The van der Waals surface area contributed by atoms with Gasteiger partial charge in [-0.2, -0.15) is 5.10 Å². The number of fused-ring (bicyclic) bond motifs is 1. The monoisotopic (exact) mass is 847 g/mol. The molecule has 0 amide bonds. The number of carbonyl (C=O) groups is 1. The van der Waals surface area contributed by atoms with E-state index in [9.17, 15) is 4.79 Å². The number of esters is 1. The van der Waals surface area contributed by atoms with Gasteiger partial charge in [-0.05, 0) is 66.0 Å². The summed E-state index contributed by atoms with van der Waals surface area (Å²) in [4.78, 5) is 11.6. The Bertz CT molecular complexity index is 1880. The van der Waals surface area contributed by atoms with Gasteiger partial charge in [-0.25, -0.2) is 4.39 Å². The lowest BCUT2D eigenvalue weighted by Gasteiger charge is -2.26. The Kier molecular flexibility index (Phi) is 12.2. The molecule has 246 valence electrons. The Hall–Kier alpha value is -2.74. The van der Waals surface area contributed by atoms with Crippen LogP contribution in [0, 0.1) is 11.2 Å². The number of hydrogen-bond donors (Lipinski definition) is 0. The van der Waals surface area contributed by atoms with Crippen molar-refractivity contribution in [1.82, 2.24) is 13.8 Å². The van der Waals surface area contributed by atoms with E-state index in [1.165, 1.54) is 27.9 Å². The minimum absolute atomic E-state index is 0.0307. The summed E-state index contributed by atoms with van der Waals surface area (Å²) in [6, 6.07) is 21.4. The average molecular weight is 849 g/mol. The molecule has 0 aliphatic carbocycles. The van der Waals surface area contributed by atoms with Gasteiger partial charge in [0, 0.05) is 69.8 Å². The number of rotatable bonds is 15. The van der Waals surface area contributed by atoms with Crippen LogP contribution in [0.2, 0.25) is 0 Å². The molecule has 0 aliphatic rings. The summed E-state index contributed by atoms with van der Waals surface area (Å²) in [6.45, 7) is 8.42. The van der Waals surface area contributed by atoms with Crippen LogP contribution in [0.5, 0.6) is 11.5 Å². The van der Waals surface area contributed by atoms with Crippen molar-refractivity contribution >= 4 is 81.0 Å². The lowest BCUT2D eigenvalue weighted by Crippen LogP contribution is -2.18. The number of benzene rings is 3. The van der Waals surface area contributed by atoms with Crippen molar-refractivity contribution in [2.75, 3.05) is 18.6 Å². The summed E-state index contributed by atoms with van der Waals surface area (Å²) < 4.78 is 31.3. The van der Waals surface area contributed by atoms with Gasteiger partial charge in [0.05, 0.1) is 30.1 Å². The Morgan fingerprint density at radius 2 is 1.96 bits per heavy atom. The van der Waals surface area contributed by atoms with Crippen LogP contribution in [-0.2, 0) is 9.53 Å². The van der Waals surface area contributed by atoms with Gasteiger partial charge >= 0.3 is 5.97 Å². The highest BCUT2D eigenvalue weighted by Gasteiger charge is 2.22. The fourth-order valence-electron chi connectivity index (χ4n) is 5.58. The zero-order valence-corrected chi connectivity index (χ0v) is 31.8. The Balaban J connectivity index is 1.35. The van der Waals surface area contributed by atoms with Gasteiger partial charge < -0.3 is 9.47 Å². The summed E-state index contributed by atoms with van der Waals surface area (Å²) in [5.41, 5.74) is 4.29. The van der Waals surface area contributed by atoms with Crippen LogP contribution in [0.15, 0.2) is 90.2 Å².